The van der Waals surface area contributed by atoms with E-state index in [-0.39, 0.29) is 11.8 Å². The molecule has 2 aromatic rings. The summed E-state index contributed by atoms with van der Waals surface area (Å²) in [6.07, 6.45) is 4.56. The molecule has 2 amide bonds. The van der Waals surface area contributed by atoms with E-state index in [0.29, 0.717) is 23.7 Å². The van der Waals surface area contributed by atoms with Gasteiger partial charge in [-0.3, -0.25) is 9.59 Å². The van der Waals surface area contributed by atoms with Crippen LogP contribution < -0.4 is 10.6 Å². The summed E-state index contributed by atoms with van der Waals surface area (Å²) in [6, 6.07) is 16.8. The summed E-state index contributed by atoms with van der Waals surface area (Å²) >= 11 is 0. The maximum atomic E-state index is 12.2. The first-order chi connectivity index (χ1) is 11.7. The molecule has 0 unspecified atom stereocenters. The van der Waals surface area contributed by atoms with Crippen LogP contribution in [0.3, 0.4) is 0 Å². The first kappa shape index (κ1) is 16.2. The van der Waals surface area contributed by atoms with Gasteiger partial charge in [0, 0.05) is 23.7 Å². The monoisotopic (exact) mass is 322 g/mol. The summed E-state index contributed by atoms with van der Waals surface area (Å²) in [4.78, 5) is 24.2. The maximum Gasteiger partial charge on any atom is 0.251 e. The smallest absolute Gasteiger partial charge is 0.251 e. The van der Waals surface area contributed by atoms with Gasteiger partial charge in [0.1, 0.15) is 0 Å². The molecule has 124 valence electrons. The van der Waals surface area contributed by atoms with Crippen LogP contribution in [0.5, 0.6) is 0 Å². The van der Waals surface area contributed by atoms with Gasteiger partial charge in [0.15, 0.2) is 0 Å². The highest BCUT2D eigenvalue weighted by atomic mass is 16.2. The highest BCUT2D eigenvalue weighted by Crippen LogP contribution is 2.18. The molecule has 0 saturated heterocycles. The molecule has 4 heteroatoms. The number of carbonyl (C=O) groups excluding carboxylic acids is 2. The summed E-state index contributed by atoms with van der Waals surface area (Å²) in [5.41, 5.74) is 2.28. The zero-order valence-corrected chi connectivity index (χ0v) is 13.6. The molecule has 1 saturated carbocycles. The van der Waals surface area contributed by atoms with Gasteiger partial charge in [-0.1, -0.05) is 43.2 Å². The molecule has 3 rings (SSSR count). The number of rotatable bonds is 5. The van der Waals surface area contributed by atoms with E-state index >= 15 is 0 Å². The number of nitrogens with one attached hydrogen (secondary N) is 2. The second-order valence-corrected chi connectivity index (χ2v) is 6.20. The molecular weight excluding hydrogens is 300 g/mol. The van der Waals surface area contributed by atoms with Gasteiger partial charge in [0.05, 0.1) is 0 Å². The van der Waals surface area contributed by atoms with Crippen LogP contribution in [0.4, 0.5) is 0 Å². The highest BCUT2D eigenvalue weighted by Gasteiger charge is 2.17. The van der Waals surface area contributed by atoms with Crippen LogP contribution in [0, 0.1) is 0 Å². The molecule has 1 aliphatic carbocycles. The fourth-order valence-corrected chi connectivity index (χ4v) is 2.99. The van der Waals surface area contributed by atoms with Crippen molar-refractivity contribution in [2.45, 2.75) is 38.3 Å². The normalized spacial score (nSPS) is 14.3. The Kier molecular flexibility index (Phi) is 5.26. The highest BCUT2D eigenvalue weighted by molar-refractivity contribution is 5.95. The van der Waals surface area contributed by atoms with Crippen LogP contribution in [0.2, 0.25) is 0 Å². The van der Waals surface area contributed by atoms with Gasteiger partial charge in [0.2, 0.25) is 0 Å². The molecule has 0 aliphatic heterocycles. The molecule has 0 radical (unpaired) electrons. The Hall–Kier alpha value is -2.62. The molecule has 0 atom stereocenters. The van der Waals surface area contributed by atoms with Gasteiger partial charge in [0.25, 0.3) is 11.8 Å². The van der Waals surface area contributed by atoms with E-state index in [9.17, 15) is 9.59 Å². The first-order valence-electron chi connectivity index (χ1n) is 8.45. The molecule has 2 N–H and O–H groups in total. The zero-order valence-electron chi connectivity index (χ0n) is 13.6. The summed E-state index contributed by atoms with van der Waals surface area (Å²) < 4.78 is 0. The van der Waals surface area contributed by atoms with Crippen molar-refractivity contribution >= 4 is 11.8 Å². The second kappa shape index (κ2) is 7.77. The SMILES string of the molecule is O=C(NCc1ccc(C(=O)NC2CCCC2)cc1)c1ccccc1. The minimum atomic E-state index is -0.0985. The molecule has 0 bridgehead atoms. The predicted molar refractivity (Wildman–Crippen MR) is 93.8 cm³/mol. The van der Waals surface area contributed by atoms with Gasteiger partial charge in [-0.15, -0.1) is 0 Å². The zero-order chi connectivity index (χ0) is 16.8. The first-order valence-corrected chi connectivity index (χ1v) is 8.45. The molecule has 0 spiro atoms. The van der Waals surface area contributed by atoms with Crippen molar-refractivity contribution in [3.8, 4) is 0 Å². The lowest BCUT2D eigenvalue weighted by Crippen LogP contribution is -2.32. The Morgan fingerprint density at radius 1 is 0.833 bits per heavy atom. The Balaban J connectivity index is 1.52. The summed E-state index contributed by atoms with van der Waals surface area (Å²) in [7, 11) is 0. The Morgan fingerprint density at radius 2 is 1.46 bits per heavy atom. The number of carbonyl (C=O) groups is 2. The fourth-order valence-electron chi connectivity index (χ4n) is 2.99. The molecule has 1 aliphatic rings. The fraction of sp³-hybridized carbons (Fsp3) is 0.300. The van der Waals surface area contributed by atoms with Crippen molar-refractivity contribution in [2.24, 2.45) is 0 Å². The number of hydrogen-bond acceptors (Lipinski definition) is 2. The van der Waals surface area contributed by atoms with Crippen LogP contribution >= 0.6 is 0 Å². The summed E-state index contributed by atoms with van der Waals surface area (Å²) in [5, 5.41) is 5.96. The Morgan fingerprint density at radius 3 is 2.12 bits per heavy atom. The van der Waals surface area contributed by atoms with E-state index < -0.39 is 0 Å². The number of hydrogen-bond donors (Lipinski definition) is 2. The van der Waals surface area contributed by atoms with Crippen LogP contribution in [-0.2, 0) is 6.54 Å². The lowest BCUT2D eigenvalue weighted by molar-refractivity contribution is 0.0933. The second-order valence-electron chi connectivity index (χ2n) is 6.20. The standard InChI is InChI=1S/C20H22N2O2/c23-19(16-6-2-1-3-7-16)21-14-15-10-12-17(13-11-15)20(24)22-18-8-4-5-9-18/h1-3,6-7,10-13,18H,4-5,8-9,14H2,(H,21,23)(H,22,24). The maximum absolute atomic E-state index is 12.2. The van der Waals surface area contributed by atoms with Crippen molar-refractivity contribution < 1.29 is 9.59 Å². The van der Waals surface area contributed by atoms with Crippen molar-refractivity contribution in [2.75, 3.05) is 0 Å². The van der Waals surface area contributed by atoms with E-state index in [2.05, 4.69) is 10.6 Å². The van der Waals surface area contributed by atoms with Crippen molar-refractivity contribution in [3.63, 3.8) is 0 Å². The van der Waals surface area contributed by atoms with Crippen molar-refractivity contribution in [1.29, 1.82) is 0 Å². The lowest BCUT2D eigenvalue weighted by Gasteiger charge is -2.12. The van der Waals surface area contributed by atoms with E-state index in [1.807, 2.05) is 42.5 Å². The average molecular weight is 322 g/mol. The quantitative estimate of drug-likeness (QED) is 0.887. The average Bonchev–Trinajstić information content (AvgIpc) is 3.14. The van der Waals surface area contributed by atoms with Crippen LogP contribution in [0.1, 0.15) is 52.0 Å². The lowest BCUT2D eigenvalue weighted by atomic mass is 10.1. The van der Waals surface area contributed by atoms with E-state index in [1.165, 1.54) is 12.8 Å². The predicted octanol–water partition coefficient (Wildman–Crippen LogP) is 3.29. The third-order valence-electron chi connectivity index (χ3n) is 4.40. The van der Waals surface area contributed by atoms with Crippen LogP contribution in [0.25, 0.3) is 0 Å². The molecule has 0 heterocycles. The summed E-state index contributed by atoms with van der Waals surface area (Å²) in [6.45, 7) is 0.443. The van der Waals surface area contributed by atoms with Gasteiger partial charge in [-0.05, 0) is 42.7 Å². The third kappa shape index (κ3) is 4.22. The van der Waals surface area contributed by atoms with Gasteiger partial charge < -0.3 is 10.6 Å². The van der Waals surface area contributed by atoms with Gasteiger partial charge in [-0.2, -0.15) is 0 Å². The third-order valence-corrected chi connectivity index (χ3v) is 4.40. The molecule has 4 nitrogen and oxygen atoms in total. The minimum Gasteiger partial charge on any atom is -0.349 e. The van der Waals surface area contributed by atoms with Crippen LogP contribution in [0.15, 0.2) is 54.6 Å². The molecule has 0 aromatic heterocycles. The van der Waals surface area contributed by atoms with E-state index in [4.69, 9.17) is 0 Å². The Labute approximate surface area is 142 Å². The molecule has 24 heavy (non-hydrogen) atoms. The topological polar surface area (TPSA) is 58.2 Å². The number of amides is 2. The minimum absolute atomic E-state index is 0.0122. The molecule has 1 fully saturated rings. The largest absolute Gasteiger partial charge is 0.349 e. The Bertz CT molecular complexity index is 689. The molecule has 2 aromatic carbocycles. The van der Waals surface area contributed by atoms with Crippen LogP contribution in [-0.4, -0.2) is 17.9 Å². The summed E-state index contributed by atoms with van der Waals surface area (Å²) in [5.74, 6) is -0.111. The number of benzene rings is 2. The molecular formula is C20H22N2O2. The van der Waals surface area contributed by atoms with Crippen molar-refractivity contribution in [3.05, 3.63) is 71.3 Å². The van der Waals surface area contributed by atoms with Gasteiger partial charge >= 0.3 is 0 Å². The van der Waals surface area contributed by atoms with Crippen molar-refractivity contribution in [1.82, 2.24) is 10.6 Å². The van der Waals surface area contributed by atoms with E-state index in [1.54, 1.807) is 12.1 Å². The van der Waals surface area contributed by atoms with Gasteiger partial charge in [-0.25, -0.2) is 0 Å². The van der Waals surface area contributed by atoms with E-state index in [0.717, 1.165) is 18.4 Å².